The zero-order valence-corrected chi connectivity index (χ0v) is 9.48. The van der Waals surface area contributed by atoms with Crippen LogP contribution in [0.2, 0.25) is 0 Å². The van der Waals surface area contributed by atoms with E-state index >= 15 is 0 Å². The highest BCUT2D eigenvalue weighted by Gasteiger charge is 2.26. The van der Waals surface area contributed by atoms with E-state index in [1.54, 1.807) is 4.90 Å². The molecular weight excluding hydrogens is 196 g/mol. The molecule has 1 saturated heterocycles. The first-order chi connectivity index (χ1) is 7.13. The first-order valence-corrected chi connectivity index (χ1v) is 5.30. The summed E-state index contributed by atoms with van der Waals surface area (Å²) in [5.41, 5.74) is 0. The number of ether oxygens (including phenoxy) is 1. The molecule has 88 valence electrons. The number of nitrogens with zero attached hydrogens (tertiary/aromatic N) is 2. The van der Waals surface area contributed by atoms with E-state index in [9.17, 15) is 4.79 Å². The molecule has 1 rings (SSSR count). The third-order valence-corrected chi connectivity index (χ3v) is 2.53. The minimum Gasteiger partial charge on any atom is -0.449 e. The topological polar surface area (TPSA) is 53.0 Å². The zero-order valence-electron chi connectivity index (χ0n) is 9.48. The predicted octanol–water partition coefficient (Wildman–Crippen LogP) is -0.00120. The summed E-state index contributed by atoms with van der Waals surface area (Å²) in [5.74, 6) is 0.273. The van der Waals surface area contributed by atoms with E-state index in [-0.39, 0.29) is 18.6 Å². The van der Waals surface area contributed by atoms with Crippen molar-refractivity contribution < 1.29 is 14.6 Å². The van der Waals surface area contributed by atoms with Gasteiger partial charge in [0, 0.05) is 32.2 Å². The SMILES string of the molecule is CN(C)CCN1CC(CCO)COC1=O. The lowest BCUT2D eigenvalue weighted by Gasteiger charge is -2.32. The summed E-state index contributed by atoms with van der Waals surface area (Å²) in [5, 5.41) is 8.82. The van der Waals surface area contributed by atoms with Gasteiger partial charge in [-0.15, -0.1) is 0 Å². The number of hydrogen-bond acceptors (Lipinski definition) is 4. The summed E-state index contributed by atoms with van der Waals surface area (Å²) in [7, 11) is 3.95. The molecule has 1 N–H and O–H groups in total. The number of aliphatic hydroxyl groups is 1. The Morgan fingerprint density at radius 3 is 2.93 bits per heavy atom. The van der Waals surface area contributed by atoms with Crippen molar-refractivity contribution in [3.63, 3.8) is 0 Å². The van der Waals surface area contributed by atoms with Crippen LogP contribution in [0.3, 0.4) is 0 Å². The van der Waals surface area contributed by atoms with Crippen molar-refractivity contribution in [2.75, 3.05) is 46.9 Å². The highest BCUT2D eigenvalue weighted by Crippen LogP contribution is 2.13. The molecule has 15 heavy (non-hydrogen) atoms. The van der Waals surface area contributed by atoms with Gasteiger partial charge in [-0.2, -0.15) is 0 Å². The molecule has 1 amide bonds. The quantitative estimate of drug-likeness (QED) is 0.703. The first kappa shape index (κ1) is 12.3. The van der Waals surface area contributed by atoms with Crippen molar-refractivity contribution in [2.45, 2.75) is 6.42 Å². The minimum atomic E-state index is -0.231. The van der Waals surface area contributed by atoms with Crippen molar-refractivity contribution >= 4 is 6.09 Å². The van der Waals surface area contributed by atoms with Gasteiger partial charge in [0.25, 0.3) is 0 Å². The lowest BCUT2D eigenvalue weighted by Crippen LogP contribution is -2.45. The summed E-state index contributed by atoms with van der Waals surface area (Å²) < 4.78 is 5.05. The van der Waals surface area contributed by atoms with Crippen LogP contribution in [0.5, 0.6) is 0 Å². The van der Waals surface area contributed by atoms with Gasteiger partial charge >= 0.3 is 6.09 Å². The minimum absolute atomic E-state index is 0.156. The van der Waals surface area contributed by atoms with Gasteiger partial charge in [-0.25, -0.2) is 4.79 Å². The average molecular weight is 216 g/mol. The molecule has 1 aliphatic heterocycles. The number of amides is 1. The van der Waals surface area contributed by atoms with Crippen LogP contribution in [0, 0.1) is 5.92 Å². The molecule has 0 spiro atoms. The number of aliphatic hydroxyl groups excluding tert-OH is 1. The van der Waals surface area contributed by atoms with E-state index in [1.807, 2.05) is 19.0 Å². The summed E-state index contributed by atoms with van der Waals surface area (Å²) in [6.45, 7) is 2.82. The third kappa shape index (κ3) is 4.05. The molecule has 1 fully saturated rings. The summed E-state index contributed by atoms with van der Waals surface area (Å²) >= 11 is 0. The summed E-state index contributed by atoms with van der Waals surface area (Å²) in [6, 6.07) is 0. The number of rotatable bonds is 5. The number of carbonyl (C=O) groups is 1. The Kier molecular flexibility index (Phi) is 4.84. The molecule has 1 heterocycles. The van der Waals surface area contributed by atoms with Gasteiger partial charge in [-0.1, -0.05) is 0 Å². The van der Waals surface area contributed by atoms with Gasteiger partial charge in [0.2, 0.25) is 0 Å². The maximum absolute atomic E-state index is 11.4. The Balaban J connectivity index is 2.36. The monoisotopic (exact) mass is 216 g/mol. The van der Waals surface area contributed by atoms with Crippen molar-refractivity contribution in [1.29, 1.82) is 0 Å². The van der Waals surface area contributed by atoms with Crippen LogP contribution in [-0.2, 0) is 4.74 Å². The maximum Gasteiger partial charge on any atom is 0.409 e. The molecule has 0 aromatic carbocycles. The molecule has 1 aliphatic rings. The lowest BCUT2D eigenvalue weighted by molar-refractivity contribution is 0.0338. The highest BCUT2D eigenvalue weighted by molar-refractivity contribution is 5.68. The van der Waals surface area contributed by atoms with Gasteiger partial charge in [0.15, 0.2) is 0 Å². The van der Waals surface area contributed by atoms with Crippen LogP contribution >= 0.6 is 0 Å². The van der Waals surface area contributed by atoms with Crippen LogP contribution in [0.4, 0.5) is 4.79 Å². The Morgan fingerprint density at radius 1 is 1.60 bits per heavy atom. The standard InChI is InChI=1S/C10H20N2O3/c1-11(2)4-5-12-7-9(3-6-13)8-15-10(12)14/h9,13H,3-8H2,1-2H3. The number of likely N-dealkylation sites (N-methyl/N-ethyl adjacent to an activating group) is 1. The highest BCUT2D eigenvalue weighted by atomic mass is 16.6. The van der Waals surface area contributed by atoms with E-state index in [0.29, 0.717) is 26.1 Å². The number of cyclic esters (lactones) is 1. The van der Waals surface area contributed by atoms with E-state index in [4.69, 9.17) is 9.84 Å². The van der Waals surface area contributed by atoms with Crippen LogP contribution in [0.25, 0.3) is 0 Å². The molecule has 0 aromatic rings. The summed E-state index contributed by atoms with van der Waals surface area (Å²) in [4.78, 5) is 15.1. The lowest BCUT2D eigenvalue weighted by atomic mass is 10.1. The van der Waals surface area contributed by atoms with E-state index in [0.717, 1.165) is 6.54 Å². The van der Waals surface area contributed by atoms with Crippen LogP contribution < -0.4 is 0 Å². The van der Waals surface area contributed by atoms with Crippen LogP contribution in [0.1, 0.15) is 6.42 Å². The molecule has 0 aromatic heterocycles. The third-order valence-electron chi connectivity index (χ3n) is 2.53. The van der Waals surface area contributed by atoms with Gasteiger partial charge < -0.3 is 19.6 Å². The number of hydrogen-bond donors (Lipinski definition) is 1. The Bertz CT molecular complexity index is 209. The zero-order chi connectivity index (χ0) is 11.3. The molecular formula is C10H20N2O3. The Labute approximate surface area is 90.6 Å². The largest absolute Gasteiger partial charge is 0.449 e. The number of carbonyl (C=O) groups excluding carboxylic acids is 1. The molecule has 0 saturated carbocycles. The second-order valence-electron chi connectivity index (χ2n) is 4.20. The first-order valence-electron chi connectivity index (χ1n) is 5.30. The summed E-state index contributed by atoms with van der Waals surface area (Å²) in [6.07, 6.45) is 0.470. The predicted molar refractivity (Wildman–Crippen MR) is 56.7 cm³/mol. The molecule has 5 heteroatoms. The Hall–Kier alpha value is -0.810. The maximum atomic E-state index is 11.4. The van der Waals surface area contributed by atoms with Crippen LogP contribution in [-0.4, -0.2) is 67.9 Å². The smallest absolute Gasteiger partial charge is 0.409 e. The van der Waals surface area contributed by atoms with Gasteiger partial charge in [0.1, 0.15) is 0 Å². The van der Waals surface area contributed by atoms with Crippen molar-refractivity contribution in [3.8, 4) is 0 Å². The van der Waals surface area contributed by atoms with Gasteiger partial charge in [0.05, 0.1) is 6.61 Å². The fourth-order valence-electron chi connectivity index (χ4n) is 1.58. The van der Waals surface area contributed by atoms with Crippen molar-refractivity contribution in [1.82, 2.24) is 9.80 Å². The fraction of sp³-hybridized carbons (Fsp3) is 0.900. The molecule has 5 nitrogen and oxygen atoms in total. The molecule has 0 bridgehead atoms. The fourth-order valence-corrected chi connectivity index (χ4v) is 1.58. The Morgan fingerprint density at radius 2 is 2.33 bits per heavy atom. The molecule has 1 unspecified atom stereocenters. The van der Waals surface area contributed by atoms with E-state index in [2.05, 4.69) is 0 Å². The van der Waals surface area contributed by atoms with Gasteiger partial charge in [-0.3, -0.25) is 0 Å². The molecule has 1 atom stereocenters. The molecule has 0 aliphatic carbocycles. The molecule has 0 radical (unpaired) electrons. The normalized spacial score (nSPS) is 22.0. The second kappa shape index (κ2) is 5.92. The van der Waals surface area contributed by atoms with E-state index < -0.39 is 0 Å². The average Bonchev–Trinajstić information content (AvgIpc) is 2.19. The van der Waals surface area contributed by atoms with Crippen LogP contribution in [0.15, 0.2) is 0 Å². The van der Waals surface area contributed by atoms with Gasteiger partial charge in [-0.05, 0) is 20.5 Å². The second-order valence-corrected chi connectivity index (χ2v) is 4.20. The van der Waals surface area contributed by atoms with E-state index in [1.165, 1.54) is 0 Å². The van der Waals surface area contributed by atoms with Crippen molar-refractivity contribution in [2.24, 2.45) is 5.92 Å². The van der Waals surface area contributed by atoms with Crippen molar-refractivity contribution in [3.05, 3.63) is 0 Å².